The van der Waals surface area contributed by atoms with Gasteiger partial charge in [0, 0.05) is 31.8 Å². The first-order valence-corrected chi connectivity index (χ1v) is 6.53. The van der Waals surface area contributed by atoms with Crippen molar-refractivity contribution in [1.29, 1.82) is 0 Å². The monoisotopic (exact) mass is 298 g/mol. The van der Waals surface area contributed by atoms with E-state index in [9.17, 15) is 9.18 Å². The van der Waals surface area contributed by atoms with Crippen LogP contribution < -0.4 is 5.32 Å². The molecule has 1 aliphatic heterocycles. The SMILES string of the molecule is CC(=CC(=O)N1CCNCC1C)c1ccc(F)cc1.Cl. The maximum atomic E-state index is 12.9. The molecule has 1 aliphatic rings. The van der Waals surface area contributed by atoms with Crippen molar-refractivity contribution in [3.05, 3.63) is 41.7 Å². The Morgan fingerprint density at radius 2 is 2.05 bits per heavy atom. The first-order valence-electron chi connectivity index (χ1n) is 6.53. The number of halogens is 2. The highest BCUT2D eigenvalue weighted by Crippen LogP contribution is 2.15. The second kappa shape index (κ2) is 7.41. The fraction of sp³-hybridized carbons (Fsp3) is 0.400. The molecule has 0 saturated carbocycles. The van der Waals surface area contributed by atoms with Crippen LogP contribution in [0.15, 0.2) is 30.3 Å². The van der Waals surface area contributed by atoms with Crippen molar-refractivity contribution in [1.82, 2.24) is 10.2 Å². The van der Waals surface area contributed by atoms with Crippen LogP contribution in [-0.4, -0.2) is 36.5 Å². The molecule has 110 valence electrons. The molecule has 0 radical (unpaired) electrons. The van der Waals surface area contributed by atoms with E-state index in [0.717, 1.165) is 30.8 Å². The van der Waals surface area contributed by atoms with Gasteiger partial charge in [0.1, 0.15) is 5.82 Å². The summed E-state index contributed by atoms with van der Waals surface area (Å²) >= 11 is 0. The van der Waals surface area contributed by atoms with Crippen molar-refractivity contribution in [2.75, 3.05) is 19.6 Å². The molecule has 1 N–H and O–H groups in total. The van der Waals surface area contributed by atoms with E-state index in [4.69, 9.17) is 0 Å². The summed E-state index contributed by atoms with van der Waals surface area (Å²) in [5, 5.41) is 3.25. The Morgan fingerprint density at radius 3 is 2.65 bits per heavy atom. The van der Waals surface area contributed by atoms with Crippen molar-refractivity contribution in [3.63, 3.8) is 0 Å². The number of piperazine rings is 1. The molecule has 1 aromatic rings. The molecule has 20 heavy (non-hydrogen) atoms. The van der Waals surface area contributed by atoms with Gasteiger partial charge in [-0.05, 0) is 37.1 Å². The van der Waals surface area contributed by atoms with Gasteiger partial charge in [-0.25, -0.2) is 4.39 Å². The first kappa shape index (κ1) is 16.7. The number of carbonyl (C=O) groups is 1. The highest BCUT2D eigenvalue weighted by Gasteiger charge is 2.21. The molecule has 1 heterocycles. The number of hydrogen-bond donors (Lipinski definition) is 1. The molecule has 1 fully saturated rings. The number of hydrogen-bond acceptors (Lipinski definition) is 2. The third-order valence-corrected chi connectivity index (χ3v) is 3.42. The summed E-state index contributed by atoms with van der Waals surface area (Å²) in [6, 6.07) is 6.40. The van der Waals surface area contributed by atoms with Gasteiger partial charge in [0.05, 0.1) is 0 Å². The molecule has 1 amide bonds. The number of nitrogens with one attached hydrogen (secondary N) is 1. The highest BCUT2D eigenvalue weighted by atomic mass is 35.5. The van der Waals surface area contributed by atoms with Gasteiger partial charge >= 0.3 is 0 Å². The van der Waals surface area contributed by atoms with Crippen molar-refractivity contribution < 1.29 is 9.18 Å². The topological polar surface area (TPSA) is 32.3 Å². The van der Waals surface area contributed by atoms with Gasteiger partial charge in [0.25, 0.3) is 0 Å². The van der Waals surface area contributed by atoms with Crippen LogP contribution in [0.5, 0.6) is 0 Å². The first-order chi connectivity index (χ1) is 9.08. The number of rotatable bonds is 2. The lowest BCUT2D eigenvalue weighted by Gasteiger charge is -2.33. The van der Waals surface area contributed by atoms with Gasteiger partial charge < -0.3 is 10.2 Å². The van der Waals surface area contributed by atoms with Crippen LogP contribution in [0.2, 0.25) is 0 Å². The average molecular weight is 299 g/mol. The Bertz CT molecular complexity index is 487. The smallest absolute Gasteiger partial charge is 0.247 e. The van der Waals surface area contributed by atoms with Gasteiger partial charge in [0.15, 0.2) is 0 Å². The van der Waals surface area contributed by atoms with Gasteiger partial charge in [0.2, 0.25) is 5.91 Å². The fourth-order valence-corrected chi connectivity index (χ4v) is 2.23. The summed E-state index contributed by atoms with van der Waals surface area (Å²) in [7, 11) is 0. The predicted octanol–water partition coefficient (Wildman–Crippen LogP) is 2.47. The molecule has 3 nitrogen and oxygen atoms in total. The van der Waals surface area contributed by atoms with Gasteiger partial charge in [-0.15, -0.1) is 12.4 Å². The van der Waals surface area contributed by atoms with Crippen molar-refractivity contribution in [2.45, 2.75) is 19.9 Å². The average Bonchev–Trinajstić information content (AvgIpc) is 2.39. The third kappa shape index (κ3) is 4.05. The lowest BCUT2D eigenvalue weighted by molar-refractivity contribution is -0.128. The van der Waals surface area contributed by atoms with Gasteiger partial charge in [-0.3, -0.25) is 4.79 Å². The Balaban J connectivity index is 0.00000200. The van der Waals surface area contributed by atoms with E-state index < -0.39 is 0 Å². The molecule has 2 rings (SSSR count). The van der Waals surface area contributed by atoms with Crippen molar-refractivity contribution in [3.8, 4) is 0 Å². The molecule has 0 aromatic heterocycles. The number of carbonyl (C=O) groups excluding carboxylic acids is 1. The number of allylic oxidation sites excluding steroid dienone is 1. The molecular formula is C15H20ClFN2O. The Kier molecular flexibility index (Phi) is 6.17. The second-order valence-electron chi connectivity index (χ2n) is 4.92. The van der Waals surface area contributed by atoms with Crippen LogP contribution in [0.1, 0.15) is 19.4 Å². The van der Waals surface area contributed by atoms with Gasteiger partial charge in [-0.2, -0.15) is 0 Å². The van der Waals surface area contributed by atoms with Crippen LogP contribution in [0.3, 0.4) is 0 Å². The third-order valence-electron chi connectivity index (χ3n) is 3.42. The number of benzene rings is 1. The van der Waals surface area contributed by atoms with E-state index in [-0.39, 0.29) is 30.2 Å². The molecule has 1 aromatic carbocycles. The van der Waals surface area contributed by atoms with Crippen LogP contribution in [-0.2, 0) is 4.79 Å². The van der Waals surface area contributed by atoms with Crippen LogP contribution in [0, 0.1) is 5.82 Å². The molecule has 1 atom stereocenters. The van der Waals surface area contributed by atoms with E-state index >= 15 is 0 Å². The van der Waals surface area contributed by atoms with Crippen LogP contribution in [0.4, 0.5) is 4.39 Å². The maximum Gasteiger partial charge on any atom is 0.247 e. The highest BCUT2D eigenvalue weighted by molar-refractivity contribution is 5.95. The summed E-state index contributed by atoms with van der Waals surface area (Å²) in [6.07, 6.45) is 1.63. The molecule has 0 aliphatic carbocycles. The zero-order chi connectivity index (χ0) is 13.8. The summed E-state index contributed by atoms with van der Waals surface area (Å²) in [4.78, 5) is 14.1. The summed E-state index contributed by atoms with van der Waals surface area (Å²) in [5.74, 6) is -0.241. The molecule has 5 heteroatoms. The second-order valence-corrected chi connectivity index (χ2v) is 4.92. The Labute approximate surface area is 125 Å². The zero-order valence-corrected chi connectivity index (χ0v) is 12.5. The zero-order valence-electron chi connectivity index (χ0n) is 11.7. The Morgan fingerprint density at radius 1 is 1.40 bits per heavy atom. The minimum absolute atomic E-state index is 0. The van der Waals surface area contributed by atoms with Crippen molar-refractivity contribution >= 4 is 23.9 Å². The van der Waals surface area contributed by atoms with E-state index in [0.29, 0.717) is 0 Å². The molecule has 1 unspecified atom stereocenters. The van der Waals surface area contributed by atoms with E-state index in [1.807, 2.05) is 18.7 Å². The van der Waals surface area contributed by atoms with Gasteiger partial charge in [-0.1, -0.05) is 12.1 Å². The van der Waals surface area contributed by atoms with E-state index in [2.05, 4.69) is 5.32 Å². The molecule has 0 spiro atoms. The molecular weight excluding hydrogens is 279 g/mol. The van der Waals surface area contributed by atoms with E-state index in [1.165, 1.54) is 12.1 Å². The maximum absolute atomic E-state index is 12.9. The Hall–Kier alpha value is -1.39. The predicted molar refractivity (Wildman–Crippen MR) is 81.3 cm³/mol. The molecule has 0 bridgehead atoms. The lowest BCUT2D eigenvalue weighted by atomic mass is 10.1. The lowest BCUT2D eigenvalue weighted by Crippen LogP contribution is -2.51. The molecule has 1 saturated heterocycles. The normalized spacial score (nSPS) is 19.4. The quantitative estimate of drug-likeness (QED) is 0.851. The summed E-state index contributed by atoms with van der Waals surface area (Å²) in [5.41, 5.74) is 1.73. The summed E-state index contributed by atoms with van der Waals surface area (Å²) in [6.45, 7) is 6.30. The standard InChI is InChI=1S/C15H19FN2O.ClH/c1-11(13-3-5-14(16)6-4-13)9-15(19)18-8-7-17-10-12(18)2;/h3-6,9,12,17H,7-8,10H2,1-2H3;1H. The van der Waals surface area contributed by atoms with E-state index in [1.54, 1.807) is 18.2 Å². The van der Waals surface area contributed by atoms with Crippen molar-refractivity contribution in [2.24, 2.45) is 0 Å². The summed E-state index contributed by atoms with van der Waals surface area (Å²) < 4.78 is 12.9. The largest absolute Gasteiger partial charge is 0.334 e. The minimum Gasteiger partial charge on any atom is -0.334 e. The minimum atomic E-state index is -0.265. The van der Waals surface area contributed by atoms with Crippen LogP contribution in [0.25, 0.3) is 5.57 Å². The number of amides is 1. The number of nitrogens with zero attached hydrogens (tertiary/aromatic N) is 1. The van der Waals surface area contributed by atoms with Crippen LogP contribution >= 0.6 is 12.4 Å². The fourth-order valence-electron chi connectivity index (χ4n) is 2.23.